The molecular weight excluding hydrogens is 300 g/mol. The van der Waals surface area contributed by atoms with Crippen LogP contribution in [0.1, 0.15) is 51.4 Å². The van der Waals surface area contributed by atoms with Crippen molar-refractivity contribution in [2.75, 3.05) is 10.6 Å². The van der Waals surface area contributed by atoms with Crippen molar-refractivity contribution >= 4 is 23.2 Å². The molecule has 4 saturated carbocycles. The van der Waals surface area contributed by atoms with Crippen molar-refractivity contribution in [3.05, 3.63) is 24.3 Å². The molecule has 2 atom stereocenters. The Morgan fingerprint density at radius 3 is 1.38 bits per heavy atom. The van der Waals surface area contributed by atoms with Gasteiger partial charge in [0.25, 0.3) is 0 Å². The van der Waals surface area contributed by atoms with Crippen LogP contribution < -0.4 is 10.6 Å². The Kier molecular flexibility index (Phi) is 2.92. The summed E-state index contributed by atoms with van der Waals surface area (Å²) < 4.78 is 0. The van der Waals surface area contributed by atoms with Crippen molar-refractivity contribution in [3.63, 3.8) is 0 Å². The molecule has 4 aliphatic carbocycles. The van der Waals surface area contributed by atoms with E-state index in [2.05, 4.69) is 10.6 Å². The molecule has 2 spiro atoms. The molecule has 0 aliphatic heterocycles. The Morgan fingerprint density at radius 1 is 0.750 bits per heavy atom. The van der Waals surface area contributed by atoms with Crippen LogP contribution in [0.3, 0.4) is 0 Å². The number of amides is 2. The molecule has 2 amide bonds. The largest absolute Gasteiger partial charge is 0.326 e. The number of carbonyl (C=O) groups excluding carboxylic acids is 2. The van der Waals surface area contributed by atoms with Gasteiger partial charge in [-0.15, -0.1) is 0 Å². The minimum absolute atomic E-state index is 0.163. The van der Waals surface area contributed by atoms with E-state index in [1.54, 1.807) is 0 Å². The third kappa shape index (κ3) is 2.19. The van der Waals surface area contributed by atoms with Crippen molar-refractivity contribution in [3.8, 4) is 0 Å². The van der Waals surface area contributed by atoms with Crippen LogP contribution >= 0.6 is 0 Å². The summed E-state index contributed by atoms with van der Waals surface area (Å²) in [5, 5.41) is 6.05. The van der Waals surface area contributed by atoms with Crippen LogP contribution in [0.5, 0.6) is 0 Å². The first-order valence-corrected chi connectivity index (χ1v) is 9.32. The van der Waals surface area contributed by atoms with Gasteiger partial charge in [0.1, 0.15) is 0 Å². The summed E-state index contributed by atoms with van der Waals surface area (Å²) in [6.07, 6.45) is 9.57. The van der Waals surface area contributed by atoms with Crippen LogP contribution in [0.2, 0.25) is 0 Å². The van der Waals surface area contributed by atoms with Crippen molar-refractivity contribution in [1.29, 1.82) is 0 Å². The smallest absolute Gasteiger partial charge is 0.228 e. The van der Waals surface area contributed by atoms with Crippen molar-refractivity contribution < 1.29 is 9.59 Å². The first-order valence-electron chi connectivity index (χ1n) is 9.32. The highest BCUT2D eigenvalue weighted by molar-refractivity contribution is 5.97. The molecule has 24 heavy (non-hydrogen) atoms. The molecule has 4 nitrogen and oxygen atoms in total. The van der Waals surface area contributed by atoms with Crippen LogP contribution in [0.4, 0.5) is 11.4 Å². The summed E-state index contributed by atoms with van der Waals surface area (Å²) in [5.74, 6) is 0.770. The number of hydrogen-bond donors (Lipinski definition) is 2. The lowest BCUT2D eigenvalue weighted by molar-refractivity contribution is -0.119. The van der Waals surface area contributed by atoms with E-state index in [9.17, 15) is 9.59 Å². The van der Waals surface area contributed by atoms with Crippen LogP contribution in [0, 0.1) is 22.7 Å². The summed E-state index contributed by atoms with van der Waals surface area (Å²) in [6, 6.07) is 7.54. The molecule has 2 unspecified atom stereocenters. The van der Waals surface area contributed by atoms with Crippen molar-refractivity contribution in [2.24, 2.45) is 22.7 Å². The third-order valence-corrected chi connectivity index (χ3v) is 7.13. The molecule has 0 radical (unpaired) electrons. The van der Waals surface area contributed by atoms with Gasteiger partial charge in [0.15, 0.2) is 0 Å². The van der Waals surface area contributed by atoms with Gasteiger partial charge in [-0.3, -0.25) is 9.59 Å². The summed E-state index contributed by atoms with van der Waals surface area (Å²) in [6.45, 7) is 0. The van der Waals surface area contributed by atoms with Gasteiger partial charge < -0.3 is 10.6 Å². The molecule has 0 aromatic heterocycles. The van der Waals surface area contributed by atoms with E-state index in [0.717, 1.165) is 24.2 Å². The maximum atomic E-state index is 12.3. The van der Waals surface area contributed by atoms with E-state index in [0.29, 0.717) is 10.8 Å². The minimum atomic E-state index is 0.163. The topological polar surface area (TPSA) is 58.2 Å². The zero-order valence-electron chi connectivity index (χ0n) is 13.9. The minimum Gasteiger partial charge on any atom is -0.326 e. The first kappa shape index (κ1) is 14.5. The Morgan fingerprint density at radius 2 is 1.12 bits per heavy atom. The highest BCUT2D eigenvalue weighted by Crippen LogP contribution is 2.66. The van der Waals surface area contributed by atoms with E-state index in [-0.39, 0.29) is 23.7 Å². The Bertz CT molecular complexity index is 640. The quantitative estimate of drug-likeness (QED) is 0.881. The van der Waals surface area contributed by atoms with E-state index >= 15 is 0 Å². The molecule has 0 saturated heterocycles. The van der Waals surface area contributed by atoms with Gasteiger partial charge >= 0.3 is 0 Å². The molecule has 5 rings (SSSR count). The van der Waals surface area contributed by atoms with Crippen LogP contribution in [-0.2, 0) is 9.59 Å². The number of carbonyl (C=O) groups is 2. The predicted molar refractivity (Wildman–Crippen MR) is 92.5 cm³/mol. The van der Waals surface area contributed by atoms with Crippen molar-refractivity contribution in [1.82, 2.24) is 0 Å². The number of anilines is 2. The zero-order valence-corrected chi connectivity index (χ0v) is 13.9. The van der Waals surface area contributed by atoms with Gasteiger partial charge in [-0.1, -0.05) is 12.8 Å². The highest BCUT2D eigenvalue weighted by atomic mass is 16.2. The van der Waals surface area contributed by atoms with Gasteiger partial charge in [-0.25, -0.2) is 0 Å². The molecule has 1 aromatic carbocycles. The summed E-state index contributed by atoms with van der Waals surface area (Å²) in [4.78, 5) is 24.5. The standard InChI is InChI=1S/C20H24N2O2/c23-17(15-11-19(15)7-1-8-19)21-13-3-5-14(6-4-13)22-18(24)16-12-20(16)9-2-10-20/h3-6,15-16H,1-2,7-12H2,(H,21,23)(H,22,24). The zero-order chi connectivity index (χ0) is 16.4. The summed E-state index contributed by atoms with van der Waals surface area (Å²) in [7, 11) is 0. The maximum Gasteiger partial charge on any atom is 0.228 e. The fourth-order valence-electron chi connectivity index (χ4n) is 4.90. The Labute approximate surface area is 142 Å². The second kappa shape index (κ2) is 4.84. The van der Waals surface area contributed by atoms with Crippen LogP contribution in [-0.4, -0.2) is 11.8 Å². The average molecular weight is 324 g/mol. The fraction of sp³-hybridized carbons (Fsp3) is 0.600. The number of rotatable bonds is 4. The molecule has 4 fully saturated rings. The molecule has 4 heteroatoms. The number of benzene rings is 1. The van der Waals surface area contributed by atoms with E-state index in [4.69, 9.17) is 0 Å². The van der Waals surface area contributed by atoms with E-state index < -0.39 is 0 Å². The number of hydrogen-bond acceptors (Lipinski definition) is 2. The normalized spacial score (nSPS) is 30.2. The van der Waals surface area contributed by atoms with Gasteiger partial charge in [0, 0.05) is 23.2 Å². The highest BCUT2D eigenvalue weighted by Gasteiger charge is 2.61. The van der Waals surface area contributed by atoms with E-state index in [1.165, 1.54) is 38.5 Å². The number of nitrogens with one attached hydrogen (secondary N) is 2. The molecule has 4 aliphatic rings. The van der Waals surface area contributed by atoms with Gasteiger partial charge in [-0.05, 0) is 73.6 Å². The first-order chi connectivity index (χ1) is 11.6. The molecule has 0 heterocycles. The molecule has 1 aromatic rings. The molecule has 2 N–H and O–H groups in total. The second-order valence-electron chi connectivity index (χ2n) is 8.50. The predicted octanol–water partition coefficient (Wildman–Crippen LogP) is 3.94. The molecular formula is C20H24N2O2. The lowest BCUT2D eigenvalue weighted by Crippen LogP contribution is -2.23. The maximum absolute atomic E-state index is 12.3. The van der Waals surface area contributed by atoms with Gasteiger partial charge in [-0.2, -0.15) is 0 Å². The monoisotopic (exact) mass is 324 g/mol. The van der Waals surface area contributed by atoms with Gasteiger partial charge in [0.2, 0.25) is 11.8 Å². The van der Waals surface area contributed by atoms with Crippen molar-refractivity contribution in [2.45, 2.75) is 51.4 Å². The Balaban J connectivity index is 1.16. The lowest BCUT2D eigenvalue weighted by atomic mass is 9.79. The average Bonchev–Trinajstić information content (AvgIpc) is 3.38. The second-order valence-corrected chi connectivity index (χ2v) is 8.50. The van der Waals surface area contributed by atoms with Crippen LogP contribution in [0.15, 0.2) is 24.3 Å². The fourth-order valence-corrected chi connectivity index (χ4v) is 4.90. The lowest BCUT2D eigenvalue weighted by Gasteiger charge is -2.26. The molecule has 0 bridgehead atoms. The SMILES string of the molecule is O=C(Nc1ccc(NC(=O)C2CC23CCC3)cc1)C1CC12CCC2. The van der Waals surface area contributed by atoms with E-state index in [1.807, 2.05) is 24.3 Å². The van der Waals surface area contributed by atoms with Gasteiger partial charge in [0.05, 0.1) is 0 Å². The third-order valence-electron chi connectivity index (χ3n) is 7.13. The summed E-state index contributed by atoms with van der Waals surface area (Å²) in [5.41, 5.74) is 2.36. The molecule has 126 valence electrons. The van der Waals surface area contributed by atoms with Crippen LogP contribution in [0.25, 0.3) is 0 Å². The summed E-state index contributed by atoms with van der Waals surface area (Å²) >= 11 is 0. The Hall–Kier alpha value is -1.84.